The molecule has 0 unspecified atom stereocenters. The minimum absolute atomic E-state index is 0.0481. The molecule has 0 saturated carbocycles. The molecule has 0 aliphatic carbocycles. The molecule has 1 N–H and O–H groups in total. The number of carbonyl (C=O) groups is 2. The molecule has 0 bridgehead atoms. The van der Waals surface area contributed by atoms with Crippen molar-refractivity contribution in [1.29, 1.82) is 0 Å². The number of aryl methyl sites for hydroxylation is 1. The molecule has 0 amide bonds. The van der Waals surface area contributed by atoms with E-state index in [1.807, 2.05) is 18.2 Å². The number of ether oxygens (including phenoxy) is 1. The molecule has 0 radical (unpaired) electrons. The van der Waals surface area contributed by atoms with Gasteiger partial charge < -0.3 is 10.1 Å². The van der Waals surface area contributed by atoms with Crippen molar-refractivity contribution in [3.05, 3.63) is 82.5 Å². The standard InChI is InChI=1S/C22H24ClNO3/c1-2-27-22(26)19(21(25)18-13-6-7-14-20(18)23)16-24-15-9-8-12-17-10-4-3-5-11-17/h3-7,10-11,13-14,16,24H,2,8-9,12,15H2,1H3. The van der Waals surface area contributed by atoms with E-state index in [2.05, 4.69) is 17.4 Å². The van der Waals surface area contributed by atoms with Crippen LogP contribution in [0.5, 0.6) is 0 Å². The molecule has 0 aromatic heterocycles. The van der Waals surface area contributed by atoms with Crippen LogP contribution in [0.3, 0.4) is 0 Å². The number of nitrogens with one attached hydrogen (secondary N) is 1. The van der Waals surface area contributed by atoms with Crippen LogP contribution in [0, 0.1) is 0 Å². The summed E-state index contributed by atoms with van der Waals surface area (Å²) in [7, 11) is 0. The third-order valence-corrected chi connectivity index (χ3v) is 4.31. The summed E-state index contributed by atoms with van der Waals surface area (Å²) in [4.78, 5) is 24.9. The third kappa shape index (κ3) is 6.57. The minimum Gasteiger partial charge on any atom is -0.462 e. The number of rotatable bonds is 10. The molecule has 0 aliphatic rings. The smallest absolute Gasteiger partial charge is 0.343 e. The first-order valence-electron chi connectivity index (χ1n) is 9.07. The predicted octanol–water partition coefficient (Wildman–Crippen LogP) is 4.58. The molecule has 2 aromatic carbocycles. The second-order valence-corrected chi connectivity index (χ2v) is 6.39. The first kappa shape index (κ1) is 20.7. The minimum atomic E-state index is -0.654. The van der Waals surface area contributed by atoms with Gasteiger partial charge in [-0.1, -0.05) is 54.1 Å². The maximum Gasteiger partial charge on any atom is 0.343 e. The number of Topliss-reactive ketones (excluding diaryl/α,β-unsaturated/α-hetero) is 1. The lowest BCUT2D eigenvalue weighted by atomic mass is 10.0. The maximum atomic E-state index is 12.7. The number of halogens is 1. The topological polar surface area (TPSA) is 55.4 Å². The van der Waals surface area contributed by atoms with Crippen molar-refractivity contribution in [2.45, 2.75) is 26.2 Å². The highest BCUT2D eigenvalue weighted by Gasteiger charge is 2.22. The zero-order valence-corrected chi connectivity index (χ0v) is 16.2. The normalized spacial score (nSPS) is 11.1. The van der Waals surface area contributed by atoms with E-state index in [0.29, 0.717) is 11.6 Å². The van der Waals surface area contributed by atoms with Crippen molar-refractivity contribution < 1.29 is 14.3 Å². The van der Waals surface area contributed by atoms with Gasteiger partial charge in [-0.3, -0.25) is 4.79 Å². The van der Waals surface area contributed by atoms with Crippen LogP contribution in [-0.2, 0) is 16.0 Å². The summed E-state index contributed by atoms with van der Waals surface area (Å²) in [5, 5.41) is 3.36. The summed E-state index contributed by atoms with van der Waals surface area (Å²) in [6.45, 7) is 2.56. The number of hydrogen-bond acceptors (Lipinski definition) is 4. The highest BCUT2D eigenvalue weighted by Crippen LogP contribution is 2.19. The van der Waals surface area contributed by atoms with Gasteiger partial charge in [-0.25, -0.2) is 4.79 Å². The Bertz CT molecular complexity index is 787. The Hall–Kier alpha value is -2.59. The van der Waals surface area contributed by atoms with Crippen molar-refractivity contribution >= 4 is 23.4 Å². The third-order valence-electron chi connectivity index (χ3n) is 3.98. The first-order valence-corrected chi connectivity index (χ1v) is 9.45. The van der Waals surface area contributed by atoms with Gasteiger partial charge in [-0.2, -0.15) is 0 Å². The van der Waals surface area contributed by atoms with Gasteiger partial charge >= 0.3 is 5.97 Å². The number of carbonyl (C=O) groups excluding carboxylic acids is 2. The molecule has 0 spiro atoms. The molecule has 2 rings (SSSR count). The molecule has 0 atom stereocenters. The number of esters is 1. The van der Waals surface area contributed by atoms with Crippen LogP contribution in [0.15, 0.2) is 66.4 Å². The lowest BCUT2D eigenvalue weighted by Crippen LogP contribution is -2.20. The molecule has 0 heterocycles. The van der Waals surface area contributed by atoms with Crippen LogP contribution in [0.1, 0.15) is 35.7 Å². The SMILES string of the molecule is CCOC(=O)C(=CNCCCCc1ccccc1)C(=O)c1ccccc1Cl. The lowest BCUT2D eigenvalue weighted by molar-refractivity contribution is -0.138. The van der Waals surface area contributed by atoms with Crippen molar-refractivity contribution in [2.75, 3.05) is 13.2 Å². The van der Waals surface area contributed by atoms with Gasteiger partial charge in [-0.15, -0.1) is 0 Å². The van der Waals surface area contributed by atoms with Gasteiger partial charge in [0.25, 0.3) is 0 Å². The Morgan fingerprint density at radius 2 is 1.74 bits per heavy atom. The number of hydrogen-bond donors (Lipinski definition) is 1. The molecule has 0 fully saturated rings. The van der Waals surface area contributed by atoms with Crippen molar-refractivity contribution in [1.82, 2.24) is 5.32 Å². The Balaban J connectivity index is 1.94. The molecule has 142 valence electrons. The molecule has 0 aliphatic heterocycles. The monoisotopic (exact) mass is 385 g/mol. The van der Waals surface area contributed by atoms with Crippen LogP contribution >= 0.6 is 11.6 Å². The molecule has 27 heavy (non-hydrogen) atoms. The van der Waals surface area contributed by atoms with E-state index in [9.17, 15) is 9.59 Å². The van der Waals surface area contributed by atoms with Gasteiger partial charge in [0.2, 0.25) is 5.78 Å². The van der Waals surface area contributed by atoms with Gasteiger partial charge in [0.1, 0.15) is 5.57 Å². The van der Waals surface area contributed by atoms with Gasteiger partial charge in [0.05, 0.1) is 11.6 Å². The van der Waals surface area contributed by atoms with Crippen LogP contribution < -0.4 is 5.32 Å². The van der Waals surface area contributed by atoms with E-state index in [1.165, 1.54) is 11.8 Å². The van der Waals surface area contributed by atoms with E-state index in [-0.39, 0.29) is 17.7 Å². The Morgan fingerprint density at radius 3 is 2.44 bits per heavy atom. The molecule has 5 heteroatoms. The Morgan fingerprint density at radius 1 is 1.04 bits per heavy atom. The number of ketones is 1. The zero-order valence-electron chi connectivity index (χ0n) is 15.4. The molecule has 4 nitrogen and oxygen atoms in total. The predicted molar refractivity (Wildman–Crippen MR) is 108 cm³/mol. The van der Waals surface area contributed by atoms with E-state index < -0.39 is 11.8 Å². The van der Waals surface area contributed by atoms with E-state index in [4.69, 9.17) is 16.3 Å². The first-order chi connectivity index (χ1) is 13.1. The fourth-order valence-electron chi connectivity index (χ4n) is 2.59. The van der Waals surface area contributed by atoms with E-state index in [1.54, 1.807) is 31.2 Å². The summed E-state index contributed by atoms with van der Waals surface area (Å²) < 4.78 is 5.01. The quantitative estimate of drug-likeness (QED) is 0.162. The van der Waals surface area contributed by atoms with Crippen LogP contribution in [0.25, 0.3) is 0 Å². The number of benzene rings is 2. The van der Waals surface area contributed by atoms with Gasteiger partial charge in [-0.05, 0) is 43.9 Å². The number of unbranched alkanes of at least 4 members (excludes halogenated alkanes) is 1. The second kappa shape index (κ2) is 11.2. The van der Waals surface area contributed by atoms with E-state index in [0.717, 1.165) is 19.3 Å². The average molecular weight is 386 g/mol. The van der Waals surface area contributed by atoms with Crippen LogP contribution in [0.2, 0.25) is 5.02 Å². The molecular formula is C22H24ClNO3. The summed E-state index contributed by atoms with van der Waals surface area (Å²) in [6.07, 6.45) is 4.36. The fraction of sp³-hybridized carbons (Fsp3) is 0.273. The van der Waals surface area contributed by atoms with Crippen molar-refractivity contribution in [2.24, 2.45) is 0 Å². The summed E-state index contributed by atoms with van der Waals surface area (Å²) in [5.74, 6) is -1.10. The summed E-state index contributed by atoms with van der Waals surface area (Å²) in [6, 6.07) is 16.9. The van der Waals surface area contributed by atoms with Crippen LogP contribution in [0.4, 0.5) is 0 Å². The zero-order chi connectivity index (χ0) is 19.5. The van der Waals surface area contributed by atoms with Crippen molar-refractivity contribution in [3.8, 4) is 0 Å². The van der Waals surface area contributed by atoms with Gasteiger partial charge in [0, 0.05) is 18.3 Å². The lowest BCUT2D eigenvalue weighted by Gasteiger charge is -2.09. The summed E-state index contributed by atoms with van der Waals surface area (Å²) in [5.41, 5.74) is 1.53. The fourth-order valence-corrected chi connectivity index (χ4v) is 2.81. The summed E-state index contributed by atoms with van der Waals surface area (Å²) >= 11 is 6.09. The molecular weight excluding hydrogens is 362 g/mol. The highest BCUT2D eigenvalue weighted by atomic mass is 35.5. The molecule has 2 aromatic rings. The molecule has 0 saturated heterocycles. The van der Waals surface area contributed by atoms with Gasteiger partial charge in [0.15, 0.2) is 0 Å². The largest absolute Gasteiger partial charge is 0.462 e. The highest BCUT2D eigenvalue weighted by molar-refractivity contribution is 6.36. The average Bonchev–Trinajstić information content (AvgIpc) is 2.68. The van der Waals surface area contributed by atoms with E-state index >= 15 is 0 Å². The maximum absolute atomic E-state index is 12.7. The Kier molecular flexibility index (Phi) is 8.59. The van der Waals surface area contributed by atoms with Crippen LogP contribution in [-0.4, -0.2) is 24.9 Å². The second-order valence-electron chi connectivity index (χ2n) is 5.98. The Labute approximate surface area is 165 Å². The van der Waals surface area contributed by atoms with Crippen molar-refractivity contribution in [3.63, 3.8) is 0 Å².